The number of anilines is 1. The van der Waals surface area contributed by atoms with Crippen LogP contribution in [0.25, 0.3) is 10.9 Å². The molecule has 1 heterocycles. The normalized spacial score (nSPS) is 15.8. The van der Waals surface area contributed by atoms with Crippen LogP contribution in [0.1, 0.15) is 57.7 Å². The Kier molecular flexibility index (Phi) is 7.64. The summed E-state index contributed by atoms with van der Waals surface area (Å²) >= 11 is 0. The van der Waals surface area contributed by atoms with Crippen molar-refractivity contribution in [3.05, 3.63) is 42.2 Å². The lowest BCUT2D eigenvalue weighted by Gasteiger charge is -2.26. The molecule has 1 fully saturated rings. The molecule has 0 unspecified atom stereocenters. The summed E-state index contributed by atoms with van der Waals surface area (Å²) < 4.78 is 0. The largest absolute Gasteiger partial charge is 0.369 e. The minimum Gasteiger partial charge on any atom is -0.369 e. The van der Waals surface area contributed by atoms with Crippen molar-refractivity contribution in [3.63, 3.8) is 0 Å². The average molecular weight is 367 g/mol. The predicted octanol–water partition coefficient (Wildman–Crippen LogP) is 5.41. The zero-order valence-corrected chi connectivity index (χ0v) is 17.0. The number of rotatable bonds is 9. The van der Waals surface area contributed by atoms with Gasteiger partial charge in [0.05, 0.1) is 12.1 Å². The summed E-state index contributed by atoms with van der Waals surface area (Å²) in [6, 6.07) is 8.32. The Labute approximate surface area is 164 Å². The second kappa shape index (κ2) is 10.4. The summed E-state index contributed by atoms with van der Waals surface area (Å²) in [6.45, 7) is 4.97. The first-order valence-electron chi connectivity index (χ1n) is 10.6. The van der Waals surface area contributed by atoms with E-state index in [-0.39, 0.29) is 0 Å². The van der Waals surface area contributed by atoms with Crippen molar-refractivity contribution in [1.82, 2.24) is 14.9 Å². The second-order valence-corrected chi connectivity index (χ2v) is 7.84. The summed E-state index contributed by atoms with van der Waals surface area (Å²) in [6.07, 6.45) is 13.5. The fourth-order valence-corrected chi connectivity index (χ4v) is 4.04. The average Bonchev–Trinajstić information content (AvgIpc) is 2.68. The Hall–Kier alpha value is -1.94. The molecule has 0 bridgehead atoms. The smallest absolute Gasteiger partial charge is 0.145 e. The molecular formula is C23H34N4. The molecule has 3 rings (SSSR count). The van der Waals surface area contributed by atoms with Gasteiger partial charge in [0.1, 0.15) is 11.6 Å². The summed E-state index contributed by atoms with van der Waals surface area (Å²) in [7, 11) is 2.21. The summed E-state index contributed by atoms with van der Waals surface area (Å²) in [4.78, 5) is 12.1. The fourth-order valence-electron chi connectivity index (χ4n) is 4.04. The number of fused-ring (bicyclic) bond motifs is 1. The molecule has 0 saturated heterocycles. The first-order chi connectivity index (χ1) is 13.3. The number of allylic oxidation sites excluding steroid dienone is 2. The Balaban J connectivity index is 1.67. The number of unbranched alkanes of at least 4 members (excludes halogenated alkanes) is 1. The van der Waals surface area contributed by atoms with Crippen LogP contribution in [0, 0.1) is 5.92 Å². The maximum absolute atomic E-state index is 4.87. The first-order valence-corrected chi connectivity index (χ1v) is 10.6. The van der Waals surface area contributed by atoms with Gasteiger partial charge in [0.15, 0.2) is 0 Å². The molecule has 0 amide bonds. The van der Waals surface area contributed by atoms with E-state index in [1.54, 1.807) is 0 Å². The van der Waals surface area contributed by atoms with Crippen molar-refractivity contribution in [2.75, 3.05) is 25.5 Å². The van der Waals surface area contributed by atoms with Crippen molar-refractivity contribution < 1.29 is 0 Å². The lowest BCUT2D eigenvalue weighted by molar-refractivity contribution is 0.224. The summed E-state index contributed by atoms with van der Waals surface area (Å²) in [5.74, 6) is 2.73. The van der Waals surface area contributed by atoms with Gasteiger partial charge in [-0.15, -0.1) is 0 Å². The third kappa shape index (κ3) is 6.03. The van der Waals surface area contributed by atoms with Crippen LogP contribution in [0.3, 0.4) is 0 Å². The minimum atomic E-state index is 0.814. The highest BCUT2D eigenvalue weighted by Crippen LogP contribution is 2.25. The molecule has 4 nitrogen and oxygen atoms in total. The van der Waals surface area contributed by atoms with Crippen molar-refractivity contribution >= 4 is 16.7 Å². The van der Waals surface area contributed by atoms with Gasteiger partial charge < -0.3 is 5.32 Å². The molecule has 0 radical (unpaired) electrons. The molecule has 0 spiro atoms. The third-order valence-electron chi connectivity index (χ3n) is 5.43. The van der Waals surface area contributed by atoms with Crippen molar-refractivity contribution in [3.8, 4) is 0 Å². The number of hydrogen-bond acceptors (Lipinski definition) is 4. The quantitative estimate of drug-likeness (QED) is 0.476. The predicted molar refractivity (Wildman–Crippen MR) is 115 cm³/mol. The van der Waals surface area contributed by atoms with Gasteiger partial charge in [-0.05, 0) is 57.7 Å². The van der Waals surface area contributed by atoms with Crippen LogP contribution in [-0.4, -0.2) is 35.0 Å². The molecule has 0 atom stereocenters. The van der Waals surface area contributed by atoms with E-state index < -0.39 is 0 Å². The molecule has 27 heavy (non-hydrogen) atoms. The molecule has 1 saturated carbocycles. The monoisotopic (exact) mass is 366 g/mol. The topological polar surface area (TPSA) is 41.1 Å². The van der Waals surface area contributed by atoms with Gasteiger partial charge in [-0.25, -0.2) is 9.97 Å². The van der Waals surface area contributed by atoms with Gasteiger partial charge in [0.25, 0.3) is 0 Å². The van der Waals surface area contributed by atoms with Crippen LogP contribution in [-0.2, 0) is 6.54 Å². The Bertz CT molecular complexity index is 734. The highest BCUT2D eigenvalue weighted by molar-refractivity contribution is 5.88. The van der Waals surface area contributed by atoms with Crippen molar-refractivity contribution in [1.29, 1.82) is 0 Å². The maximum atomic E-state index is 4.87. The van der Waals surface area contributed by atoms with Gasteiger partial charge in [-0.1, -0.05) is 43.5 Å². The molecule has 1 aromatic carbocycles. The number of para-hydroxylation sites is 1. The lowest BCUT2D eigenvalue weighted by atomic mass is 9.89. The van der Waals surface area contributed by atoms with Gasteiger partial charge in [-0.3, -0.25) is 4.90 Å². The van der Waals surface area contributed by atoms with Gasteiger partial charge in [0.2, 0.25) is 0 Å². The standard InChI is InChI=1S/C23H34N4/c1-3-4-5-11-16-24-23-20-14-9-10-15-21(20)25-22(26-23)18-27(2)17-19-12-7-6-8-13-19/h3-4,9-10,14-15,19H,5-8,11-13,16-18H2,1-2H3,(H,24,25,26)/b4-3-. The number of hydrogen-bond donors (Lipinski definition) is 1. The van der Waals surface area contributed by atoms with Gasteiger partial charge in [0, 0.05) is 18.5 Å². The molecule has 1 aliphatic rings. The van der Waals surface area contributed by atoms with E-state index in [1.165, 1.54) is 32.1 Å². The first kappa shape index (κ1) is 19.8. The highest BCUT2D eigenvalue weighted by atomic mass is 15.1. The van der Waals surface area contributed by atoms with E-state index in [0.29, 0.717) is 0 Å². The zero-order valence-electron chi connectivity index (χ0n) is 17.0. The molecule has 1 aromatic heterocycles. The third-order valence-corrected chi connectivity index (χ3v) is 5.43. The minimum absolute atomic E-state index is 0.814. The molecular weight excluding hydrogens is 332 g/mol. The fraction of sp³-hybridized carbons (Fsp3) is 0.565. The Morgan fingerprint density at radius 2 is 1.96 bits per heavy atom. The molecule has 1 aliphatic carbocycles. The van der Waals surface area contributed by atoms with Crippen molar-refractivity contribution in [2.24, 2.45) is 5.92 Å². The van der Waals surface area contributed by atoms with Gasteiger partial charge in [-0.2, -0.15) is 0 Å². The Morgan fingerprint density at radius 1 is 1.15 bits per heavy atom. The molecule has 146 valence electrons. The number of aromatic nitrogens is 2. The van der Waals surface area contributed by atoms with Gasteiger partial charge >= 0.3 is 0 Å². The Morgan fingerprint density at radius 3 is 2.78 bits per heavy atom. The number of nitrogens with one attached hydrogen (secondary N) is 1. The van der Waals surface area contributed by atoms with Crippen LogP contribution >= 0.6 is 0 Å². The molecule has 4 heteroatoms. The van der Waals surface area contributed by atoms with Crippen LogP contribution in [0.5, 0.6) is 0 Å². The van der Waals surface area contributed by atoms with Crippen molar-refractivity contribution in [2.45, 2.75) is 58.4 Å². The second-order valence-electron chi connectivity index (χ2n) is 7.84. The molecule has 1 N–H and O–H groups in total. The maximum Gasteiger partial charge on any atom is 0.145 e. The van der Waals surface area contributed by atoms with E-state index >= 15 is 0 Å². The zero-order chi connectivity index (χ0) is 18.9. The van der Waals surface area contributed by atoms with Crippen LogP contribution < -0.4 is 5.32 Å². The molecule has 0 aliphatic heterocycles. The van der Waals surface area contributed by atoms with E-state index in [1.807, 2.05) is 0 Å². The number of nitrogens with zero attached hydrogens (tertiary/aromatic N) is 3. The van der Waals surface area contributed by atoms with E-state index in [4.69, 9.17) is 9.97 Å². The van der Waals surface area contributed by atoms with Crippen LogP contribution in [0.2, 0.25) is 0 Å². The summed E-state index contributed by atoms with van der Waals surface area (Å²) in [5.41, 5.74) is 1.03. The van der Waals surface area contributed by atoms with Crippen LogP contribution in [0.4, 0.5) is 5.82 Å². The summed E-state index contributed by atoms with van der Waals surface area (Å²) in [5, 5.41) is 4.65. The lowest BCUT2D eigenvalue weighted by Crippen LogP contribution is -2.27. The van der Waals surface area contributed by atoms with E-state index in [0.717, 1.165) is 60.9 Å². The SMILES string of the molecule is C/C=C\CCCNc1nc(CN(C)CC2CCCCC2)nc2ccccc12. The molecule has 2 aromatic rings. The highest BCUT2D eigenvalue weighted by Gasteiger charge is 2.16. The van der Waals surface area contributed by atoms with Crippen LogP contribution in [0.15, 0.2) is 36.4 Å². The van der Waals surface area contributed by atoms with E-state index in [2.05, 4.69) is 60.6 Å². The van der Waals surface area contributed by atoms with E-state index in [9.17, 15) is 0 Å². The number of benzene rings is 1.